The molecular formula is C18H20N2O. The van der Waals surface area contributed by atoms with Gasteiger partial charge in [-0.25, -0.2) is 5.43 Å². The van der Waals surface area contributed by atoms with Crippen LogP contribution >= 0.6 is 0 Å². The molecule has 0 spiro atoms. The van der Waals surface area contributed by atoms with Crippen molar-refractivity contribution in [3.05, 3.63) is 70.8 Å². The van der Waals surface area contributed by atoms with Crippen LogP contribution < -0.4 is 5.43 Å². The Labute approximate surface area is 125 Å². The molecule has 0 aliphatic carbocycles. The number of carbonyl (C=O) groups is 1. The van der Waals surface area contributed by atoms with Gasteiger partial charge in [-0.15, -0.1) is 0 Å². The summed E-state index contributed by atoms with van der Waals surface area (Å²) in [6.07, 6.45) is 0.346. The van der Waals surface area contributed by atoms with Crippen molar-refractivity contribution in [1.29, 1.82) is 0 Å². The first-order valence-electron chi connectivity index (χ1n) is 7.01. The lowest BCUT2D eigenvalue weighted by atomic mass is 10.0. The Morgan fingerprint density at radius 3 is 2.52 bits per heavy atom. The molecule has 2 aromatic rings. The third-order valence-corrected chi connectivity index (χ3v) is 3.40. The van der Waals surface area contributed by atoms with Crippen LogP contribution in [-0.2, 0) is 11.2 Å². The highest BCUT2D eigenvalue weighted by molar-refractivity contribution is 5.99. The average Bonchev–Trinajstić information content (AvgIpc) is 2.49. The standard InChI is InChI=1S/C18H20N2O/c1-13-9-10-14(2)17(11-13)12-18(21)20-19-15(3)16-7-5-4-6-8-16/h4-11H,12H2,1-3H3,(H,20,21)/b19-15-. The minimum absolute atomic E-state index is 0.0982. The summed E-state index contributed by atoms with van der Waals surface area (Å²) in [7, 11) is 0. The molecule has 1 N–H and O–H groups in total. The Kier molecular flexibility index (Phi) is 4.88. The van der Waals surface area contributed by atoms with Gasteiger partial charge in [0.05, 0.1) is 12.1 Å². The molecule has 1 amide bonds. The summed E-state index contributed by atoms with van der Waals surface area (Å²) in [4.78, 5) is 12.0. The maximum absolute atomic E-state index is 12.0. The number of benzene rings is 2. The first-order chi connectivity index (χ1) is 10.1. The highest BCUT2D eigenvalue weighted by Crippen LogP contribution is 2.11. The normalized spacial score (nSPS) is 11.3. The summed E-state index contributed by atoms with van der Waals surface area (Å²) in [5, 5.41) is 4.16. The zero-order chi connectivity index (χ0) is 15.2. The molecule has 0 aromatic heterocycles. The van der Waals surface area contributed by atoms with Crippen LogP contribution in [-0.4, -0.2) is 11.6 Å². The van der Waals surface area contributed by atoms with E-state index in [1.54, 1.807) is 0 Å². The lowest BCUT2D eigenvalue weighted by Gasteiger charge is -2.07. The van der Waals surface area contributed by atoms with Gasteiger partial charge in [0.2, 0.25) is 5.91 Å². The van der Waals surface area contributed by atoms with E-state index in [9.17, 15) is 4.79 Å². The van der Waals surface area contributed by atoms with Gasteiger partial charge in [0.1, 0.15) is 0 Å². The molecule has 21 heavy (non-hydrogen) atoms. The first-order valence-corrected chi connectivity index (χ1v) is 7.01. The number of amides is 1. The fourth-order valence-corrected chi connectivity index (χ4v) is 2.09. The second-order valence-corrected chi connectivity index (χ2v) is 5.20. The summed E-state index contributed by atoms with van der Waals surface area (Å²) in [5.41, 5.74) is 7.75. The molecule has 0 unspecified atom stereocenters. The van der Waals surface area contributed by atoms with Crippen LogP contribution in [0.1, 0.15) is 29.2 Å². The van der Waals surface area contributed by atoms with E-state index < -0.39 is 0 Å². The lowest BCUT2D eigenvalue weighted by Crippen LogP contribution is -2.21. The number of hydrazone groups is 1. The summed E-state index contributed by atoms with van der Waals surface area (Å²) in [5.74, 6) is -0.0982. The van der Waals surface area contributed by atoms with Gasteiger partial charge in [-0.2, -0.15) is 5.10 Å². The van der Waals surface area contributed by atoms with Crippen LogP contribution in [0.3, 0.4) is 0 Å². The number of hydrogen-bond acceptors (Lipinski definition) is 2. The molecule has 3 heteroatoms. The highest BCUT2D eigenvalue weighted by Gasteiger charge is 2.06. The Morgan fingerprint density at radius 2 is 1.81 bits per heavy atom. The third kappa shape index (κ3) is 4.28. The van der Waals surface area contributed by atoms with Gasteiger partial charge in [-0.05, 0) is 37.5 Å². The average molecular weight is 280 g/mol. The van der Waals surface area contributed by atoms with Crippen molar-refractivity contribution >= 4 is 11.6 Å². The van der Waals surface area contributed by atoms with Crippen molar-refractivity contribution in [1.82, 2.24) is 5.43 Å². The van der Waals surface area contributed by atoms with E-state index in [-0.39, 0.29) is 5.91 Å². The van der Waals surface area contributed by atoms with Crippen molar-refractivity contribution in [2.75, 3.05) is 0 Å². The molecule has 0 aliphatic rings. The molecular weight excluding hydrogens is 260 g/mol. The summed E-state index contributed by atoms with van der Waals surface area (Å²) < 4.78 is 0. The SMILES string of the molecule is C/C(=N/NC(=O)Cc1cc(C)ccc1C)c1ccccc1. The van der Waals surface area contributed by atoms with Crippen LogP contribution in [0.25, 0.3) is 0 Å². The molecule has 0 bridgehead atoms. The Hall–Kier alpha value is -2.42. The van der Waals surface area contributed by atoms with Crippen LogP contribution in [0.2, 0.25) is 0 Å². The number of nitrogens with one attached hydrogen (secondary N) is 1. The third-order valence-electron chi connectivity index (χ3n) is 3.40. The molecule has 2 rings (SSSR count). The minimum Gasteiger partial charge on any atom is -0.273 e. The Morgan fingerprint density at radius 1 is 1.10 bits per heavy atom. The number of carbonyl (C=O) groups excluding carboxylic acids is 1. The summed E-state index contributed by atoms with van der Waals surface area (Å²) in [6, 6.07) is 15.9. The zero-order valence-corrected chi connectivity index (χ0v) is 12.7. The van der Waals surface area contributed by atoms with Crippen molar-refractivity contribution < 1.29 is 4.79 Å². The smallest absolute Gasteiger partial charge is 0.244 e. The zero-order valence-electron chi connectivity index (χ0n) is 12.7. The minimum atomic E-state index is -0.0982. The number of hydrogen-bond donors (Lipinski definition) is 1. The van der Waals surface area contributed by atoms with Gasteiger partial charge in [0.25, 0.3) is 0 Å². The van der Waals surface area contributed by atoms with Crippen LogP contribution in [0.5, 0.6) is 0 Å². The first kappa shape index (κ1) is 15.0. The maximum atomic E-state index is 12.0. The van der Waals surface area contributed by atoms with Gasteiger partial charge >= 0.3 is 0 Å². The molecule has 0 saturated carbocycles. The largest absolute Gasteiger partial charge is 0.273 e. The lowest BCUT2D eigenvalue weighted by molar-refractivity contribution is -0.120. The number of aryl methyl sites for hydroxylation is 2. The summed E-state index contributed by atoms with van der Waals surface area (Å²) >= 11 is 0. The fraction of sp³-hybridized carbons (Fsp3) is 0.222. The Balaban J connectivity index is 2.01. The van der Waals surface area contributed by atoms with Crippen molar-refractivity contribution in [2.24, 2.45) is 5.10 Å². The molecule has 0 saturated heterocycles. The van der Waals surface area contributed by atoms with E-state index in [0.717, 1.165) is 28.0 Å². The molecule has 0 fully saturated rings. The molecule has 2 aromatic carbocycles. The van der Waals surface area contributed by atoms with Crippen LogP contribution in [0.15, 0.2) is 53.6 Å². The highest BCUT2D eigenvalue weighted by atomic mass is 16.2. The van der Waals surface area contributed by atoms with Crippen LogP contribution in [0.4, 0.5) is 0 Å². The van der Waals surface area contributed by atoms with Gasteiger partial charge in [-0.1, -0.05) is 54.1 Å². The van der Waals surface area contributed by atoms with E-state index in [1.807, 2.05) is 63.2 Å². The monoisotopic (exact) mass is 280 g/mol. The second-order valence-electron chi connectivity index (χ2n) is 5.20. The topological polar surface area (TPSA) is 41.5 Å². The predicted octanol–water partition coefficient (Wildman–Crippen LogP) is 3.39. The maximum Gasteiger partial charge on any atom is 0.244 e. The molecule has 0 radical (unpaired) electrons. The van der Waals surface area contributed by atoms with Gasteiger partial charge in [0.15, 0.2) is 0 Å². The van der Waals surface area contributed by atoms with Gasteiger partial charge < -0.3 is 0 Å². The molecule has 0 heterocycles. The number of rotatable bonds is 4. The van der Waals surface area contributed by atoms with E-state index >= 15 is 0 Å². The van der Waals surface area contributed by atoms with Crippen LogP contribution in [0, 0.1) is 13.8 Å². The predicted molar refractivity (Wildman–Crippen MR) is 86.4 cm³/mol. The van der Waals surface area contributed by atoms with Gasteiger partial charge in [0, 0.05) is 0 Å². The van der Waals surface area contributed by atoms with Crippen molar-refractivity contribution in [2.45, 2.75) is 27.2 Å². The van der Waals surface area contributed by atoms with E-state index in [1.165, 1.54) is 0 Å². The molecule has 108 valence electrons. The number of nitrogens with zero attached hydrogens (tertiary/aromatic N) is 1. The van der Waals surface area contributed by atoms with E-state index in [4.69, 9.17) is 0 Å². The quantitative estimate of drug-likeness (QED) is 0.677. The van der Waals surface area contributed by atoms with Crippen molar-refractivity contribution in [3.8, 4) is 0 Å². The fourth-order valence-electron chi connectivity index (χ4n) is 2.09. The van der Waals surface area contributed by atoms with E-state index in [0.29, 0.717) is 6.42 Å². The van der Waals surface area contributed by atoms with Gasteiger partial charge in [-0.3, -0.25) is 4.79 Å². The van der Waals surface area contributed by atoms with E-state index in [2.05, 4.69) is 16.6 Å². The molecule has 0 aliphatic heterocycles. The summed E-state index contributed by atoms with van der Waals surface area (Å²) in [6.45, 7) is 5.92. The molecule has 3 nitrogen and oxygen atoms in total. The molecule has 0 atom stereocenters. The Bertz CT molecular complexity index is 660. The second kappa shape index (κ2) is 6.84. The van der Waals surface area contributed by atoms with Crippen molar-refractivity contribution in [3.63, 3.8) is 0 Å².